The Labute approximate surface area is 196 Å². The average molecular weight is 474 g/mol. The quantitative estimate of drug-likeness (QED) is 0.177. The lowest BCUT2D eigenvalue weighted by molar-refractivity contribution is -0.384. The zero-order chi connectivity index (χ0) is 23.5. The molecule has 0 fully saturated rings. The predicted octanol–water partition coefficient (Wildman–Crippen LogP) is 5.32. The number of rotatable bonds is 7. The number of nitro groups is 1. The maximum atomic E-state index is 13.4. The fraction of sp³-hybridized carbons (Fsp3) is 0.0435. The summed E-state index contributed by atoms with van der Waals surface area (Å²) in [5.74, 6) is 1.20. The summed E-state index contributed by atoms with van der Waals surface area (Å²) < 4.78 is 21.0. The fourth-order valence-corrected chi connectivity index (χ4v) is 4.03. The Bertz CT molecular complexity index is 1440. The van der Waals surface area contributed by atoms with Crippen molar-refractivity contribution in [1.82, 2.24) is 25.0 Å². The van der Waals surface area contributed by atoms with Crippen LogP contribution < -0.4 is 0 Å². The third-order valence-corrected chi connectivity index (χ3v) is 5.78. The Balaban J connectivity index is 1.40. The average Bonchev–Trinajstić information content (AvgIpc) is 3.51. The van der Waals surface area contributed by atoms with Gasteiger partial charge in [-0.2, -0.15) is 0 Å². The zero-order valence-electron chi connectivity index (χ0n) is 17.4. The van der Waals surface area contributed by atoms with Crippen LogP contribution in [0.15, 0.2) is 88.4 Å². The highest BCUT2D eigenvalue weighted by Gasteiger charge is 2.18. The number of para-hydroxylation sites is 1. The van der Waals surface area contributed by atoms with Crippen molar-refractivity contribution in [1.29, 1.82) is 0 Å². The third kappa shape index (κ3) is 4.41. The van der Waals surface area contributed by atoms with E-state index in [0.717, 1.165) is 11.3 Å². The number of nitrogens with zero attached hydrogens (tertiary/aromatic N) is 6. The van der Waals surface area contributed by atoms with Crippen molar-refractivity contribution in [3.05, 3.63) is 101 Å². The minimum atomic E-state index is -0.469. The van der Waals surface area contributed by atoms with Crippen LogP contribution in [0.3, 0.4) is 0 Å². The van der Waals surface area contributed by atoms with E-state index >= 15 is 0 Å². The molecule has 0 unspecified atom stereocenters. The highest BCUT2D eigenvalue weighted by atomic mass is 32.2. The van der Waals surface area contributed by atoms with Gasteiger partial charge in [0.25, 0.3) is 5.69 Å². The highest BCUT2D eigenvalue weighted by molar-refractivity contribution is 7.98. The van der Waals surface area contributed by atoms with E-state index < -0.39 is 4.92 Å². The van der Waals surface area contributed by atoms with Gasteiger partial charge in [-0.3, -0.25) is 14.7 Å². The second-order valence-corrected chi connectivity index (χ2v) is 8.02. The van der Waals surface area contributed by atoms with Crippen molar-refractivity contribution in [2.45, 2.75) is 10.9 Å². The van der Waals surface area contributed by atoms with Crippen molar-refractivity contribution in [3.8, 4) is 28.5 Å². The van der Waals surface area contributed by atoms with Gasteiger partial charge in [0.2, 0.25) is 11.8 Å². The molecule has 0 aliphatic rings. The van der Waals surface area contributed by atoms with Gasteiger partial charge in [-0.1, -0.05) is 30.0 Å². The molecule has 0 atom stereocenters. The van der Waals surface area contributed by atoms with E-state index in [-0.39, 0.29) is 17.4 Å². The first-order valence-corrected chi connectivity index (χ1v) is 11.0. The summed E-state index contributed by atoms with van der Waals surface area (Å²) in [6, 6.07) is 21.5. The Morgan fingerprint density at radius 2 is 1.59 bits per heavy atom. The van der Waals surface area contributed by atoms with Crippen LogP contribution in [0.5, 0.6) is 0 Å². The topological polar surface area (TPSA) is 113 Å². The molecule has 0 amide bonds. The number of aromatic nitrogens is 5. The molecule has 0 N–H and O–H groups in total. The first-order valence-electron chi connectivity index (χ1n) is 10.1. The number of hydrogen-bond acceptors (Lipinski definition) is 8. The smallest absolute Gasteiger partial charge is 0.269 e. The molecule has 168 valence electrons. The van der Waals surface area contributed by atoms with Gasteiger partial charge >= 0.3 is 0 Å². The lowest BCUT2D eigenvalue weighted by Gasteiger charge is -2.09. The van der Waals surface area contributed by atoms with Crippen LogP contribution in [0.2, 0.25) is 0 Å². The summed E-state index contributed by atoms with van der Waals surface area (Å²) in [7, 11) is 0. The van der Waals surface area contributed by atoms with Crippen molar-refractivity contribution in [2.75, 3.05) is 0 Å². The molecule has 0 radical (unpaired) electrons. The number of hydrogen-bond donors (Lipinski definition) is 0. The van der Waals surface area contributed by atoms with Gasteiger partial charge in [-0.15, -0.1) is 20.4 Å². The maximum absolute atomic E-state index is 13.4. The molecule has 0 saturated heterocycles. The molecule has 5 aromatic rings. The molecule has 2 aromatic heterocycles. The summed E-state index contributed by atoms with van der Waals surface area (Å²) in [6.07, 6.45) is 0. The number of benzene rings is 3. The Morgan fingerprint density at radius 1 is 0.882 bits per heavy atom. The number of nitro benzene ring substituents is 1. The van der Waals surface area contributed by atoms with Crippen LogP contribution in [0.4, 0.5) is 10.1 Å². The molecule has 34 heavy (non-hydrogen) atoms. The van der Waals surface area contributed by atoms with E-state index in [1.165, 1.54) is 36.0 Å². The summed E-state index contributed by atoms with van der Waals surface area (Å²) in [5.41, 5.74) is 2.14. The zero-order valence-corrected chi connectivity index (χ0v) is 18.2. The van der Waals surface area contributed by atoms with Crippen molar-refractivity contribution in [2.24, 2.45) is 0 Å². The largest absolute Gasteiger partial charge is 0.420 e. The van der Waals surface area contributed by atoms with E-state index in [4.69, 9.17) is 4.42 Å². The molecule has 2 heterocycles. The number of thioether (sulfide) groups is 1. The minimum absolute atomic E-state index is 0.0174. The van der Waals surface area contributed by atoms with E-state index in [1.807, 2.05) is 34.9 Å². The molecule has 9 nitrogen and oxygen atoms in total. The van der Waals surface area contributed by atoms with Gasteiger partial charge in [0, 0.05) is 28.9 Å². The van der Waals surface area contributed by atoms with E-state index in [1.54, 1.807) is 24.3 Å². The molecule has 3 aromatic carbocycles. The SMILES string of the molecule is O=[N+]([O-])c1ccc(-c2nnc(CSc3nnc(-c4ccc(F)cc4)n3-c3ccccc3)o2)cc1. The molecule has 5 rings (SSSR count). The standard InChI is InChI=1S/C23H15FN6O3S/c24-17-10-6-15(7-11-17)21-26-28-23(29(21)18-4-2-1-3-5-18)34-14-20-25-27-22(33-20)16-8-12-19(13-9-16)30(31)32/h1-13H,14H2. The van der Waals surface area contributed by atoms with Gasteiger partial charge < -0.3 is 4.42 Å². The van der Waals surface area contributed by atoms with Gasteiger partial charge in [-0.05, 0) is 48.5 Å². The van der Waals surface area contributed by atoms with Crippen LogP contribution in [0.25, 0.3) is 28.5 Å². The molecule has 0 saturated carbocycles. The third-order valence-electron chi connectivity index (χ3n) is 4.87. The number of non-ortho nitro benzene ring substituents is 1. The van der Waals surface area contributed by atoms with Crippen molar-refractivity contribution >= 4 is 17.4 Å². The second kappa shape index (κ2) is 9.24. The fourth-order valence-electron chi connectivity index (χ4n) is 3.24. The molecule has 0 spiro atoms. The monoisotopic (exact) mass is 474 g/mol. The Kier molecular flexibility index (Phi) is 5.83. The first kappa shape index (κ1) is 21.5. The summed E-state index contributed by atoms with van der Waals surface area (Å²) in [4.78, 5) is 10.4. The van der Waals surface area contributed by atoms with Crippen LogP contribution >= 0.6 is 11.8 Å². The van der Waals surface area contributed by atoms with Crippen LogP contribution in [0.1, 0.15) is 5.89 Å². The molecule has 0 bridgehead atoms. The molecular formula is C23H15FN6O3S. The lowest BCUT2D eigenvalue weighted by Crippen LogP contribution is -1.99. The highest BCUT2D eigenvalue weighted by Crippen LogP contribution is 2.30. The Morgan fingerprint density at radius 3 is 2.29 bits per heavy atom. The summed E-state index contributed by atoms with van der Waals surface area (Å²) in [5, 5.41) is 28.2. The van der Waals surface area contributed by atoms with Crippen molar-refractivity contribution in [3.63, 3.8) is 0 Å². The van der Waals surface area contributed by atoms with E-state index in [9.17, 15) is 14.5 Å². The summed E-state index contributed by atoms with van der Waals surface area (Å²) in [6.45, 7) is 0. The van der Waals surface area contributed by atoms with E-state index in [0.29, 0.717) is 28.2 Å². The molecular weight excluding hydrogens is 459 g/mol. The maximum Gasteiger partial charge on any atom is 0.269 e. The molecule has 0 aliphatic heterocycles. The van der Waals surface area contributed by atoms with Gasteiger partial charge in [0.05, 0.1) is 10.7 Å². The summed E-state index contributed by atoms with van der Waals surface area (Å²) >= 11 is 1.36. The van der Waals surface area contributed by atoms with Gasteiger partial charge in [-0.25, -0.2) is 4.39 Å². The van der Waals surface area contributed by atoms with E-state index in [2.05, 4.69) is 20.4 Å². The second-order valence-electron chi connectivity index (χ2n) is 7.08. The number of halogens is 1. The van der Waals surface area contributed by atoms with Crippen molar-refractivity contribution < 1.29 is 13.7 Å². The van der Waals surface area contributed by atoms with Crippen LogP contribution in [0, 0.1) is 15.9 Å². The predicted molar refractivity (Wildman–Crippen MR) is 123 cm³/mol. The van der Waals surface area contributed by atoms with Crippen LogP contribution in [-0.2, 0) is 5.75 Å². The normalized spacial score (nSPS) is 11.0. The minimum Gasteiger partial charge on any atom is -0.420 e. The lowest BCUT2D eigenvalue weighted by atomic mass is 10.2. The van der Waals surface area contributed by atoms with Gasteiger partial charge in [0.15, 0.2) is 11.0 Å². The molecule has 0 aliphatic carbocycles. The van der Waals surface area contributed by atoms with Gasteiger partial charge in [0.1, 0.15) is 5.82 Å². The first-order chi connectivity index (χ1) is 16.6. The van der Waals surface area contributed by atoms with Crippen LogP contribution in [-0.4, -0.2) is 29.9 Å². The molecule has 11 heteroatoms. The Hall–Kier alpha value is -4.38.